The molecule has 0 N–H and O–H groups in total. The second-order valence-corrected chi connectivity index (χ2v) is 7.03. The molecule has 4 rings (SSSR count). The van der Waals surface area contributed by atoms with Crippen LogP contribution < -0.4 is 4.74 Å². The van der Waals surface area contributed by atoms with Gasteiger partial charge in [-0.05, 0) is 30.7 Å². The van der Waals surface area contributed by atoms with Crippen LogP contribution in [0.5, 0.6) is 5.88 Å². The Morgan fingerprint density at radius 3 is 2.56 bits per heavy atom. The maximum atomic E-state index is 13.0. The molecule has 2 aromatic carbocycles. The average molecular weight is 361 g/mol. The fraction of sp³-hybridized carbons (Fsp3) is 0.318. The van der Waals surface area contributed by atoms with Crippen molar-refractivity contribution in [2.45, 2.75) is 32.8 Å². The Hall–Kier alpha value is -2.95. The van der Waals surface area contributed by atoms with Gasteiger partial charge in [0.2, 0.25) is 5.88 Å². The van der Waals surface area contributed by atoms with Crippen LogP contribution in [0.2, 0.25) is 0 Å². The van der Waals surface area contributed by atoms with E-state index >= 15 is 0 Å². The summed E-state index contributed by atoms with van der Waals surface area (Å²) < 4.78 is 6.03. The van der Waals surface area contributed by atoms with Crippen LogP contribution in [0.25, 0.3) is 10.8 Å². The normalized spacial score (nSPS) is 15.1. The van der Waals surface area contributed by atoms with Crippen molar-refractivity contribution in [2.24, 2.45) is 0 Å². The number of aryl methyl sites for hydroxylation is 2. The standard InChI is InChI=1S/C22H23N3O2/c1-15-14-21(24-16(2)23-15)27-18-10-12-25(13-11-18)22(26)20-9-5-7-17-6-3-4-8-19(17)20/h3-9,14,18H,10-13H2,1-2H3. The maximum absolute atomic E-state index is 13.0. The van der Waals surface area contributed by atoms with Gasteiger partial charge in [-0.3, -0.25) is 4.79 Å². The van der Waals surface area contributed by atoms with Crippen molar-refractivity contribution >= 4 is 16.7 Å². The van der Waals surface area contributed by atoms with Crippen molar-refractivity contribution in [3.05, 3.63) is 65.6 Å². The molecule has 0 spiro atoms. The van der Waals surface area contributed by atoms with Gasteiger partial charge in [0.05, 0.1) is 0 Å². The number of carbonyl (C=O) groups excluding carboxylic acids is 1. The summed E-state index contributed by atoms with van der Waals surface area (Å²) in [5.41, 5.74) is 1.68. The van der Waals surface area contributed by atoms with E-state index in [9.17, 15) is 4.79 Å². The predicted octanol–water partition coefficient (Wildman–Crippen LogP) is 3.93. The van der Waals surface area contributed by atoms with Crippen LogP contribution >= 0.6 is 0 Å². The summed E-state index contributed by atoms with van der Waals surface area (Å²) in [5, 5.41) is 2.10. The predicted molar refractivity (Wildman–Crippen MR) is 105 cm³/mol. The van der Waals surface area contributed by atoms with Crippen molar-refractivity contribution in [1.29, 1.82) is 0 Å². The molecule has 1 aliphatic rings. The van der Waals surface area contributed by atoms with Crippen LogP contribution in [0.3, 0.4) is 0 Å². The van der Waals surface area contributed by atoms with Crippen LogP contribution in [-0.2, 0) is 0 Å². The highest BCUT2D eigenvalue weighted by molar-refractivity contribution is 6.07. The Morgan fingerprint density at radius 1 is 1.04 bits per heavy atom. The number of carbonyl (C=O) groups is 1. The number of rotatable bonds is 3. The number of aromatic nitrogens is 2. The van der Waals surface area contributed by atoms with Gasteiger partial charge in [0.15, 0.2) is 0 Å². The number of hydrogen-bond acceptors (Lipinski definition) is 4. The first-order valence-corrected chi connectivity index (χ1v) is 9.36. The zero-order valence-corrected chi connectivity index (χ0v) is 15.7. The third kappa shape index (κ3) is 3.77. The zero-order valence-electron chi connectivity index (χ0n) is 15.7. The Bertz CT molecular complexity index is 953. The lowest BCUT2D eigenvalue weighted by molar-refractivity contribution is 0.0589. The molecule has 0 aliphatic carbocycles. The summed E-state index contributed by atoms with van der Waals surface area (Å²) in [6.45, 7) is 5.18. The number of piperidine rings is 1. The second-order valence-electron chi connectivity index (χ2n) is 7.03. The van der Waals surface area contributed by atoms with Gasteiger partial charge in [-0.15, -0.1) is 0 Å². The van der Waals surface area contributed by atoms with Gasteiger partial charge in [-0.1, -0.05) is 36.4 Å². The summed E-state index contributed by atoms with van der Waals surface area (Å²) in [6.07, 6.45) is 1.69. The monoisotopic (exact) mass is 361 g/mol. The van der Waals surface area contributed by atoms with E-state index in [0.717, 1.165) is 34.9 Å². The van der Waals surface area contributed by atoms with E-state index in [-0.39, 0.29) is 12.0 Å². The summed E-state index contributed by atoms with van der Waals surface area (Å²) in [6, 6.07) is 15.8. The maximum Gasteiger partial charge on any atom is 0.254 e. The molecule has 27 heavy (non-hydrogen) atoms. The van der Waals surface area contributed by atoms with Gasteiger partial charge in [-0.2, -0.15) is 4.98 Å². The van der Waals surface area contributed by atoms with Crippen molar-refractivity contribution < 1.29 is 9.53 Å². The third-order valence-electron chi connectivity index (χ3n) is 4.98. The molecule has 0 unspecified atom stereocenters. The fourth-order valence-corrected chi connectivity index (χ4v) is 3.67. The van der Waals surface area contributed by atoms with E-state index in [1.165, 1.54) is 0 Å². The van der Waals surface area contributed by atoms with Gasteiger partial charge >= 0.3 is 0 Å². The van der Waals surface area contributed by atoms with Crippen molar-refractivity contribution in [3.63, 3.8) is 0 Å². The number of ether oxygens (including phenoxy) is 1. The number of likely N-dealkylation sites (tertiary alicyclic amines) is 1. The molecule has 1 aliphatic heterocycles. The molecule has 138 valence electrons. The zero-order chi connectivity index (χ0) is 18.8. The Kier molecular flexibility index (Phi) is 4.75. The molecule has 5 nitrogen and oxygen atoms in total. The SMILES string of the molecule is Cc1cc(OC2CCN(C(=O)c3cccc4ccccc34)CC2)nc(C)n1. The first-order chi connectivity index (χ1) is 13.1. The van der Waals surface area contributed by atoms with Crippen LogP contribution in [0.15, 0.2) is 48.5 Å². The minimum absolute atomic E-state index is 0.0790. The lowest BCUT2D eigenvalue weighted by atomic mass is 10.0. The molecule has 0 atom stereocenters. The molecule has 5 heteroatoms. The van der Waals surface area contributed by atoms with Gasteiger partial charge in [0, 0.05) is 43.3 Å². The molecule has 0 radical (unpaired) electrons. The minimum Gasteiger partial charge on any atom is -0.474 e. The highest BCUT2D eigenvalue weighted by atomic mass is 16.5. The smallest absolute Gasteiger partial charge is 0.254 e. The fourth-order valence-electron chi connectivity index (χ4n) is 3.67. The van der Waals surface area contributed by atoms with E-state index in [0.29, 0.717) is 24.8 Å². The number of benzene rings is 2. The van der Waals surface area contributed by atoms with E-state index < -0.39 is 0 Å². The molecule has 0 bridgehead atoms. The van der Waals surface area contributed by atoms with Gasteiger partial charge in [0.1, 0.15) is 11.9 Å². The Morgan fingerprint density at radius 2 is 1.78 bits per heavy atom. The Labute approximate surface area is 159 Å². The Balaban J connectivity index is 1.43. The topological polar surface area (TPSA) is 55.3 Å². The van der Waals surface area contributed by atoms with Gasteiger partial charge in [0.25, 0.3) is 5.91 Å². The van der Waals surface area contributed by atoms with Crippen LogP contribution in [0, 0.1) is 13.8 Å². The van der Waals surface area contributed by atoms with E-state index in [1.807, 2.05) is 67.3 Å². The largest absolute Gasteiger partial charge is 0.474 e. The first-order valence-electron chi connectivity index (χ1n) is 9.36. The molecular formula is C22H23N3O2. The van der Waals surface area contributed by atoms with Crippen LogP contribution in [0.4, 0.5) is 0 Å². The molecule has 1 aromatic heterocycles. The molecule has 2 heterocycles. The highest BCUT2D eigenvalue weighted by Crippen LogP contribution is 2.23. The summed E-state index contributed by atoms with van der Waals surface area (Å²) in [7, 11) is 0. The van der Waals surface area contributed by atoms with Crippen molar-refractivity contribution in [3.8, 4) is 5.88 Å². The average Bonchev–Trinajstić information content (AvgIpc) is 2.67. The van der Waals surface area contributed by atoms with Crippen molar-refractivity contribution in [2.75, 3.05) is 13.1 Å². The van der Waals surface area contributed by atoms with Crippen LogP contribution in [-0.4, -0.2) is 40.0 Å². The van der Waals surface area contributed by atoms with Crippen molar-refractivity contribution in [1.82, 2.24) is 14.9 Å². The lowest BCUT2D eigenvalue weighted by Crippen LogP contribution is -2.42. The van der Waals surface area contributed by atoms with E-state index in [1.54, 1.807) is 0 Å². The molecule has 1 fully saturated rings. The summed E-state index contributed by atoms with van der Waals surface area (Å²) >= 11 is 0. The second kappa shape index (κ2) is 7.35. The number of nitrogens with zero attached hydrogens (tertiary/aromatic N) is 3. The molecule has 3 aromatic rings. The number of hydrogen-bond donors (Lipinski definition) is 0. The number of fused-ring (bicyclic) bond motifs is 1. The lowest BCUT2D eigenvalue weighted by Gasteiger charge is -2.32. The highest BCUT2D eigenvalue weighted by Gasteiger charge is 2.26. The van der Waals surface area contributed by atoms with E-state index in [4.69, 9.17) is 4.74 Å². The summed E-state index contributed by atoms with van der Waals surface area (Å²) in [4.78, 5) is 23.6. The first kappa shape index (κ1) is 17.5. The molecular weight excluding hydrogens is 338 g/mol. The molecule has 0 saturated carbocycles. The number of amides is 1. The molecule has 1 saturated heterocycles. The van der Waals surface area contributed by atoms with Gasteiger partial charge in [-0.25, -0.2) is 4.98 Å². The van der Waals surface area contributed by atoms with Crippen LogP contribution in [0.1, 0.15) is 34.7 Å². The summed E-state index contributed by atoms with van der Waals surface area (Å²) in [5.74, 6) is 1.44. The quantitative estimate of drug-likeness (QED) is 0.709. The third-order valence-corrected chi connectivity index (χ3v) is 4.98. The molecule has 1 amide bonds. The minimum atomic E-state index is 0.0790. The van der Waals surface area contributed by atoms with Gasteiger partial charge < -0.3 is 9.64 Å². The van der Waals surface area contributed by atoms with E-state index in [2.05, 4.69) is 9.97 Å².